The molecule has 1 rings (SSSR count). The van der Waals surface area contributed by atoms with E-state index in [1.54, 1.807) is 0 Å². The number of piperazine rings is 1. The van der Waals surface area contributed by atoms with Crippen LogP contribution in [0.1, 0.15) is 46.5 Å². The Balaban J connectivity index is 2.46. The summed E-state index contributed by atoms with van der Waals surface area (Å²) in [6, 6.07) is 0. The molecule has 5 heteroatoms. The van der Waals surface area contributed by atoms with Crippen LogP contribution in [-0.2, 0) is 9.53 Å². The van der Waals surface area contributed by atoms with Gasteiger partial charge in [0.2, 0.25) is 0 Å². The van der Waals surface area contributed by atoms with Gasteiger partial charge in [0.15, 0.2) is 0 Å². The summed E-state index contributed by atoms with van der Waals surface area (Å²) in [5, 5.41) is 0. The topological polar surface area (TPSA) is 32.8 Å². The Bertz CT molecular complexity index is 339. The Hall–Kier alpha value is -0.393. The van der Waals surface area contributed by atoms with Crippen molar-refractivity contribution < 1.29 is 9.53 Å². The van der Waals surface area contributed by atoms with Gasteiger partial charge in [-0.2, -0.15) is 0 Å². The monoisotopic (exact) mass is 342 g/mol. The van der Waals surface area contributed by atoms with Gasteiger partial charge >= 0.3 is 5.97 Å². The van der Waals surface area contributed by atoms with Crippen molar-refractivity contribution in [2.75, 3.05) is 39.3 Å². The first kappa shape index (κ1) is 20.7. The molecule has 1 heterocycles. The molecule has 4 nitrogen and oxygen atoms in total. The van der Waals surface area contributed by atoms with E-state index in [-0.39, 0.29) is 11.9 Å². The lowest BCUT2D eigenvalue weighted by atomic mass is 10.1. The summed E-state index contributed by atoms with van der Waals surface area (Å²) in [5.41, 5.74) is 0.750. The van der Waals surface area contributed by atoms with Crippen molar-refractivity contribution >= 4 is 14.8 Å². The van der Waals surface area contributed by atoms with Crippen molar-refractivity contribution in [2.24, 2.45) is 5.92 Å². The van der Waals surface area contributed by atoms with Crippen LogP contribution >= 0.6 is 0 Å². The van der Waals surface area contributed by atoms with Crippen LogP contribution < -0.4 is 0 Å². The highest BCUT2D eigenvalue weighted by Crippen LogP contribution is 2.16. The fourth-order valence-electron chi connectivity index (χ4n) is 3.47. The third kappa shape index (κ3) is 7.35. The van der Waals surface area contributed by atoms with Crippen LogP contribution in [0.2, 0.25) is 13.1 Å². The highest BCUT2D eigenvalue weighted by atomic mass is 28.3. The lowest BCUT2D eigenvalue weighted by molar-refractivity contribution is -0.148. The number of unbranched alkanes of at least 4 members (excludes halogenated alkanes) is 3. The molecule has 23 heavy (non-hydrogen) atoms. The van der Waals surface area contributed by atoms with E-state index in [0.717, 1.165) is 31.8 Å². The predicted molar refractivity (Wildman–Crippen MR) is 101 cm³/mol. The Morgan fingerprint density at radius 2 is 1.96 bits per heavy atom. The van der Waals surface area contributed by atoms with E-state index >= 15 is 0 Å². The summed E-state index contributed by atoms with van der Waals surface area (Å²) in [7, 11) is -0.722. The lowest BCUT2D eigenvalue weighted by Crippen LogP contribution is -2.58. The molecule has 0 N–H and O–H groups in total. The van der Waals surface area contributed by atoms with E-state index in [9.17, 15) is 4.79 Å². The van der Waals surface area contributed by atoms with Gasteiger partial charge in [-0.15, -0.1) is 0 Å². The molecule has 0 aromatic heterocycles. The maximum absolute atomic E-state index is 11.8. The maximum Gasteiger partial charge on any atom is 0.309 e. The second-order valence-electron chi connectivity index (χ2n) is 7.32. The van der Waals surface area contributed by atoms with Crippen molar-refractivity contribution in [1.82, 2.24) is 9.80 Å². The second-order valence-corrected chi connectivity index (χ2v) is 10.6. The fraction of sp³-hybridized carbons (Fsp3) is 0.944. The molecule has 0 amide bonds. The van der Waals surface area contributed by atoms with Crippen molar-refractivity contribution in [1.29, 1.82) is 0 Å². The predicted octanol–water partition coefficient (Wildman–Crippen LogP) is 2.78. The average Bonchev–Trinajstić information content (AvgIpc) is 2.52. The van der Waals surface area contributed by atoms with Crippen molar-refractivity contribution in [3.8, 4) is 0 Å². The number of carbonyl (C=O) groups is 1. The molecule has 136 valence electrons. The molecule has 0 saturated carbocycles. The molecular formula is C18H38N2O2Si. The zero-order valence-corrected chi connectivity index (χ0v) is 17.2. The Kier molecular flexibility index (Phi) is 10.1. The first-order chi connectivity index (χ1) is 11.0. The van der Waals surface area contributed by atoms with Gasteiger partial charge in [-0.25, -0.2) is 0 Å². The molecule has 0 aliphatic carbocycles. The number of ether oxygens (including phenoxy) is 1. The Morgan fingerprint density at radius 3 is 2.57 bits per heavy atom. The van der Waals surface area contributed by atoms with Crippen molar-refractivity contribution in [3.63, 3.8) is 0 Å². The normalized spacial score (nSPS) is 21.6. The largest absolute Gasteiger partial charge is 0.466 e. The molecule has 0 aromatic rings. The van der Waals surface area contributed by atoms with Crippen LogP contribution in [0.3, 0.4) is 0 Å². The smallest absolute Gasteiger partial charge is 0.309 e. The van der Waals surface area contributed by atoms with Crippen LogP contribution in [0.15, 0.2) is 0 Å². The van der Waals surface area contributed by atoms with Gasteiger partial charge in [-0.1, -0.05) is 46.2 Å². The zero-order valence-electron chi connectivity index (χ0n) is 16.0. The molecule has 1 aliphatic heterocycles. The average molecular weight is 343 g/mol. The Morgan fingerprint density at radius 1 is 1.22 bits per heavy atom. The van der Waals surface area contributed by atoms with Gasteiger partial charge in [-0.05, 0) is 19.9 Å². The maximum atomic E-state index is 11.8. The molecule has 2 unspecified atom stereocenters. The molecule has 1 aliphatic rings. The number of rotatable bonds is 10. The minimum absolute atomic E-state index is 0.0134. The van der Waals surface area contributed by atoms with Crippen LogP contribution in [0.25, 0.3) is 0 Å². The van der Waals surface area contributed by atoms with Crippen molar-refractivity contribution in [2.45, 2.75) is 65.2 Å². The first-order valence-corrected chi connectivity index (χ1v) is 12.6. The van der Waals surface area contributed by atoms with Crippen LogP contribution in [0.4, 0.5) is 0 Å². The summed E-state index contributed by atoms with van der Waals surface area (Å²) in [6.45, 7) is 17.1. The van der Waals surface area contributed by atoms with Crippen LogP contribution in [0, 0.1) is 5.92 Å². The van der Waals surface area contributed by atoms with E-state index in [1.807, 2.05) is 13.8 Å². The fourth-order valence-corrected chi connectivity index (χ4v) is 5.33. The zero-order chi connectivity index (χ0) is 17.2. The van der Waals surface area contributed by atoms with E-state index in [2.05, 4.69) is 29.8 Å². The minimum atomic E-state index is -0.722. The summed E-state index contributed by atoms with van der Waals surface area (Å²) < 4.78 is 5.15. The molecular weight excluding hydrogens is 304 g/mol. The molecule has 0 aromatic carbocycles. The summed E-state index contributed by atoms with van der Waals surface area (Å²) in [6.07, 6.45) is 5.37. The summed E-state index contributed by atoms with van der Waals surface area (Å²) in [5.74, 6) is -0.0617. The van der Waals surface area contributed by atoms with Gasteiger partial charge in [0.05, 0.1) is 21.3 Å². The van der Waals surface area contributed by atoms with Gasteiger partial charge in [0.25, 0.3) is 0 Å². The minimum Gasteiger partial charge on any atom is -0.466 e. The molecule has 0 bridgehead atoms. The van der Waals surface area contributed by atoms with E-state index in [0.29, 0.717) is 6.61 Å². The standard InChI is InChI=1S/C18H38N2O2Si/c1-6-8-9-10-11-20-13-12-19(15-17(20)23(4)5)14-16(3)18(21)22-7-2/h16-17,23H,6-15H2,1-5H3. The quantitative estimate of drug-likeness (QED) is 0.347. The van der Waals surface area contributed by atoms with Gasteiger partial charge in [0.1, 0.15) is 0 Å². The lowest BCUT2D eigenvalue weighted by Gasteiger charge is -2.43. The first-order valence-electron chi connectivity index (χ1n) is 9.62. The van der Waals surface area contributed by atoms with E-state index < -0.39 is 8.80 Å². The molecule has 1 saturated heterocycles. The Labute approximate surface area is 145 Å². The van der Waals surface area contributed by atoms with Crippen LogP contribution in [0.5, 0.6) is 0 Å². The highest BCUT2D eigenvalue weighted by Gasteiger charge is 2.30. The number of hydrogen-bond acceptors (Lipinski definition) is 4. The number of carbonyl (C=O) groups excluding carboxylic acids is 1. The highest BCUT2D eigenvalue weighted by molar-refractivity contribution is 6.57. The molecule has 2 atom stereocenters. The number of esters is 1. The number of nitrogens with zero attached hydrogens (tertiary/aromatic N) is 2. The van der Waals surface area contributed by atoms with Crippen molar-refractivity contribution in [3.05, 3.63) is 0 Å². The third-order valence-corrected chi connectivity index (χ3v) is 7.08. The third-order valence-electron chi connectivity index (χ3n) is 4.91. The van der Waals surface area contributed by atoms with Crippen LogP contribution in [-0.4, -0.2) is 69.6 Å². The molecule has 0 radical (unpaired) electrons. The number of hydrogen-bond donors (Lipinski definition) is 0. The van der Waals surface area contributed by atoms with E-state index in [1.165, 1.54) is 32.2 Å². The summed E-state index contributed by atoms with van der Waals surface area (Å²) in [4.78, 5) is 17.1. The second kappa shape index (κ2) is 11.2. The van der Waals surface area contributed by atoms with E-state index in [4.69, 9.17) is 4.74 Å². The summed E-state index contributed by atoms with van der Waals surface area (Å²) >= 11 is 0. The molecule has 0 spiro atoms. The van der Waals surface area contributed by atoms with Gasteiger partial charge < -0.3 is 9.64 Å². The molecule has 1 fully saturated rings. The van der Waals surface area contributed by atoms with Gasteiger partial charge in [0, 0.05) is 31.8 Å². The SMILES string of the molecule is CCCCCCN1CCN(CC(C)C(=O)OCC)CC1[SiH](C)C. The van der Waals surface area contributed by atoms with Gasteiger partial charge in [-0.3, -0.25) is 9.69 Å².